The molecule has 2 nitrogen and oxygen atoms in total. The molecule has 1 aliphatic rings. The number of ketones is 1. The summed E-state index contributed by atoms with van der Waals surface area (Å²) in [5.74, 6) is 0.223. The maximum Gasteiger partial charge on any atom is 0.176 e. The van der Waals surface area contributed by atoms with E-state index >= 15 is 0 Å². The maximum atomic E-state index is 12.0. The molecule has 16 heavy (non-hydrogen) atoms. The minimum atomic E-state index is 0.223. The van der Waals surface area contributed by atoms with Gasteiger partial charge in [0.1, 0.15) is 0 Å². The second kappa shape index (κ2) is 5.11. The maximum absolute atomic E-state index is 12.0. The van der Waals surface area contributed by atoms with Crippen LogP contribution in [0.1, 0.15) is 30.1 Å². The van der Waals surface area contributed by atoms with E-state index < -0.39 is 0 Å². The Morgan fingerprint density at radius 2 is 2.12 bits per heavy atom. The Morgan fingerprint density at radius 3 is 2.69 bits per heavy atom. The summed E-state index contributed by atoms with van der Waals surface area (Å²) in [4.78, 5) is 14.3. The third-order valence-corrected chi connectivity index (χ3v) is 3.73. The smallest absolute Gasteiger partial charge is 0.176 e. The molecule has 1 heterocycles. The SMILES string of the molecule is CC1CCCN1CC(=O)c1ccc(Br)cc1. The number of halogens is 1. The molecule has 3 heteroatoms. The number of benzene rings is 1. The molecule has 1 fully saturated rings. The third-order valence-electron chi connectivity index (χ3n) is 3.20. The van der Waals surface area contributed by atoms with E-state index in [1.165, 1.54) is 12.8 Å². The van der Waals surface area contributed by atoms with Crippen molar-refractivity contribution in [1.82, 2.24) is 4.90 Å². The quantitative estimate of drug-likeness (QED) is 0.794. The van der Waals surface area contributed by atoms with E-state index in [2.05, 4.69) is 27.8 Å². The number of nitrogens with zero attached hydrogens (tertiary/aromatic N) is 1. The largest absolute Gasteiger partial charge is 0.293 e. The van der Waals surface area contributed by atoms with Gasteiger partial charge in [-0.1, -0.05) is 28.1 Å². The molecule has 1 atom stereocenters. The molecule has 1 aromatic rings. The normalized spacial score (nSPS) is 21.2. The number of carbonyl (C=O) groups excluding carboxylic acids is 1. The van der Waals surface area contributed by atoms with Crippen molar-refractivity contribution in [2.75, 3.05) is 13.1 Å². The van der Waals surface area contributed by atoms with Gasteiger partial charge in [-0.2, -0.15) is 0 Å². The zero-order valence-corrected chi connectivity index (χ0v) is 11.0. The first-order valence-electron chi connectivity index (χ1n) is 5.69. The van der Waals surface area contributed by atoms with Crippen molar-refractivity contribution in [3.63, 3.8) is 0 Å². The molecular formula is C13H16BrNO. The number of Topliss-reactive ketones (excluding diaryl/α,β-unsaturated/α-hetero) is 1. The first-order valence-corrected chi connectivity index (χ1v) is 6.49. The first-order chi connectivity index (χ1) is 7.66. The average Bonchev–Trinajstić information content (AvgIpc) is 2.65. The topological polar surface area (TPSA) is 20.3 Å². The standard InChI is InChI=1S/C13H16BrNO/c1-10-3-2-8-15(10)9-13(16)11-4-6-12(14)7-5-11/h4-7,10H,2-3,8-9H2,1H3. The summed E-state index contributed by atoms with van der Waals surface area (Å²) in [5, 5.41) is 0. The Balaban J connectivity index is 2.00. The Morgan fingerprint density at radius 1 is 1.44 bits per heavy atom. The number of rotatable bonds is 3. The summed E-state index contributed by atoms with van der Waals surface area (Å²) < 4.78 is 1.01. The van der Waals surface area contributed by atoms with Gasteiger partial charge >= 0.3 is 0 Å². The highest BCUT2D eigenvalue weighted by molar-refractivity contribution is 9.10. The number of hydrogen-bond donors (Lipinski definition) is 0. The van der Waals surface area contributed by atoms with Crippen LogP contribution < -0.4 is 0 Å². The van der Waals surface area contributed by atoms with Crippen molar-refractivity contribution in [3.8, 4) is 0 Å². The van der Waals surface area contributed by atoms with E-state index in [1.807, 2.05) is 24.3 Å². The van der Waals surface area contributed by atoms with Crippen molar-refractivity contribution >= 4 is 21.7 Å². The van der Waals surface area contributed by atoms with E-state index in [9.17, 15) is 4.79 Å². The van der Waals surface area contributed by atoms with Crippen molar-refractivity contribution in [3.05, 3.63) is 34.3 Å². The van der Waals surface area contributed by atoms with Crippen molar-refractivity contribution in [2.24, 2.45) is 0 Å². The Hall–Kier alpha value is -0.670. The summed E-state index contributed by atoms with van der Waals surface area (Å²) in [6, 6.07) is 8.15. The van der Waals surface area contributed by atoms with Crippen LogP contribution in [0.5, 0.6) is 0 Å². The molecule has 86 valence electrons. The van der Waals surface area contributed by atoms with Crippen LogP contribution >= 0.6 is 15.9 Å². The minimum absolute atomic E-state index is 0.223. The molecular weight excluding hydrogens is 266 g/mol. The van der Waals surface area contributed by atoms with Gasteiger partial charge in [-0.3, -0.25) is 9.69 Å². The van der Waals surface area contributed by atoms with Crippen LogP contribution in [-0.4, -0.2) is 29.8 Å². The van der Waals surface area contributed by atoms with Crippen LogP contribution in [0.25, 0.3) is 0 Å². The lowest BCUT2D eigenvalue weighted by molar-refractivity contribution is 0.0926. The minimum Gasteiger partial charge on any atom is -0.293 e. The van der Waals surface area contributed by atoms with E-state index in [4.69, 9.17) is 0 Å². The van der Waals surface area contributed by atoms with Gasteiger partial charge in [-0.15, -0.1) is 0 Å². The van der Waals surface area contributed by atoms with E-state index in [1.54, 1.807) is 0 Å². The fraction of sp³-hybridized carbons (Fsp3) is 0.462. The van der Waals surface area contributed by atoms with Gasteiger partial charge < -0.3 is 0 Å². The monoisotopic (exact) mass is 281 g/mol. The molecule has 1 aliphatic heterocycles. The summed E-state index contributed by atoms with van der Waals surface area (Å²) >= 11 is 3.37. The average molecular weight is 282 g/mol. The van der Waals surface area contributed by atoms with Crippen LogP contribution in [0.15, 0.2) is 28.7 Å². The first kappa shape index (κ1) is 11.8. The highest BCUT2D eigenvalue weighted by Gasteiger charge is 2.22. The van der Waals surface area contributed by atoms with Gasteiger partial charge in [0.25, 0.3) is 0 Å². The lowest BCUT2D eigenvalue weighted by Crippen LogP contribution is -2.32. The number of hydrogen-bond acceptors (Lipinski definition) is 2. The molecule has 1 unspecified atom stereocenters. The van der Waals surface area contributed by atoms with Crippen LogP contribution in [0.4, 0.5) is 0 Å². The zero-order chi connectivity index (χ0) is 11.5. The van der Waals surface area contributed by atoms with Crippen molar-refractivity contribution < 1.29 is 4.79 Å². The predicted molar refractivity (Wildman–Crippen MR) is 68.7 cm³/mol. The molecule has 1 aromatic carbocycles. The van der Waals surface area contributed by atoms with E-state index in [0.29, 0.717) is 12.6 Å². The zero-order valence-electron chi connectivity index (χ0n) is 9.45. The molecule has 0 saturated carbocycles. The second-order valence-corrected chi connectivity index (χ2v) is 5.31. The molecule has 0 bridgehead atoms. The fourth-order valence-corrected chi connectivity index (χ4v) is 2.40. The van der Waals surface area contributed by atoms with E-state index in [-0.39, 0.29) is 5.78 Å². The molecule has 0 N–H and O–H groups in total. The predicted octanol–water partition coefficient (Wildman–Crippen LogP) is 3.12. The van der Waals surface area contributed by atoms with Crippen LogP contribution in [0.2, 0.25) is 0 Å². The molecule has 2 rings (SSSR count). The van der Waals surface area contributed by atoms with E-state index in [0.717, 1.165) is 16.6 Å². The fourth-order valence-electron chi connectivity index (χ4n) is 2.14. The Bertz CT molecular complexity index is 374. The molecule has 0 spiro atoms. The van der Waals surface area contributed by atoms with Gasteiger partial charge in [-0.25, -0.2) is 0 Å². The van der Waals surface area contributed by atoms with Gasteiger partial charge in [0.2, 0.25) is 0 Å². The number of likely N-dealkylation sites (tertiary alicyclic amines) is 1. The third kappa shape index (κ3) is 2.71. The lowest BCUT2D eigenvalue weighted by atomic mass is 10.1. The highest BCUT2D eigenvalue weighted by atomic mass is 79.9. The summed E-state index contributed by atoms with van der Waals surface area (Å²) in [7, 11) is 0. The Kier molecular flexibility index (Phi) is 3.77. The van der Waals surface area contributed by atoms with Gasteiger partial charge in [0.05, 0.1) is 6.54 Å². The van der Waals surface area contributed by atoms with Crippen LogP contribution in [-0.2, 0) is 0 Å². The van der Waals surface area contributed by atoms with Gasteiger partial charge in [0.15, 0.2) is 5.78 Å². The molecule has 0 aliphatic carbocycles. The second-order valence-electron chi connectivity index (χ2n) is 4.39. The van der Waals surface area contributed by atoms with Crippen LogP contribution in [0, 0.1) is 0 Å². The summed E-state index contributed by atoms with van der Waals surface area (Å²) in [6.07, 6.45) is 2.43. The molecule has 1 saturated heterocycles. The molecule has 0 amide bonds. The van der Waals surface area contributed by atoms with Gasteiger partial charge in [-0.05, 0) is 38.4 Å². The lowest BCUT2D eigenvalue weighted by Gasteiger charge is -2.19. The van der Waals surface area contributed by atoms with Gasteiger partial charge in [0, 0.05) is 16.1 Å². The molecule has 0 aromatic heterocycles. The summed E-state index contributed by atoms with van der Waals surface area (Å²) in [5.41, 5.74) is 0.808. The number of carbonyl (C=O) groups is 1. The summed E-state index contributed by atoms with van der Waals surface area (Å²) in [6.45, 7) is 3.81. The van der Waals surface area contributed by atoms with Crippen LogP contribution in [0.3, 0.4) is 0 Å². The van der Waals surface area contributed by atoms with Crippen molar-refractivity contribution in [1.29, 1.82) is 0 Å². The highest BCUT2D eigenvalue weighted by Crippen LogP contribution is 2.17. The molecule has 0 radical (unpaired) electrons. The van der Waals surface area contributed by atoms with Crippen molar-refractivity contribution in [2.45, 2.75) is 25.8 Å². The Labute approximate surface area is 105 Å².